The predicted molar refractivity (Wildman–Crippen MR) is 113 cm³/mol. The van der Waals surface area contributed by atoms with E-state index in [4.69, 9.17) is 4.98 Å². The summed E-state index contributed by atoms with van der Waals surface area (Å²) in [5, 5.41) is 11.1. The van der Waals surface area contributed by atoms with Gasteiger partial charge in [-0.05, 0) is 38.2 Å². The molecule has 2 aliphatic rings. The van der Waals surface area contributed by atoms with Gasteiger partial charge in [-0.1, -0.05) is 37.3 Å². The Balaban J connectivity index is 1.37. The Hall–Kier alpha value is -1.98. The topological polar surface area (TPSA) is 52.5 Å². The van der Waals surface area contributed by atoms with E-state index < -0.39 is 5.60 Å². The average Bonchev–Trinajstić information content (AvgIpc) is 3.12. The molecule has 1 aromatic carbocycles. The normalized spacial score (nSPS) is 24.0. The summed E-state index contributed by atoms with van der Waals surface area (Å²) in [6.07, 6.45) is 5.08. The van der Waals surface area contributed by atoms with E-state index in [1.165, 1.54) is 0 Å². The van der Waals surface area contributed by atoms with Gasteiger partial charge in [0.1, 0.15) is 17.2 Å². The smallest absolute Gasteiger partial charge is 0.132 e. The first-order chi connectivity index (χ1) is 13.6. The van der Waals surface area contributed by atoms with Crippen molar-refractivity contribution in [2.75, 3.05) is 31.1 Å². The van der Waals surface area contributed by atoms with Crippen molar-refractivity contribution in [2.45, 2.75) is 57.6 Å². The molecule has 0 aliphatic carbocycles. The van der Waals surface area contributed by atoms with E-state index in [0.717, 1.165) is 81.2 Å². The number of aromatic nitrogens is 2. The van der Waals surface area contributed by atoms with Crippen LogP contribution in [0.25, 0.3) is 0 Å². The lowest BCUT2D eigenvalue weighted by atomic mass is 9.93. The summed E-state index contributed by atoms with van der Waals surface area (Å²) in [5.41, 5.74) is 1.41. The lowest BCUT2D eigenvalue weighted by molar-refractivity contribution is 0.0385. The van der Waals surface area contributed by atoms with Crippen LogP contribution in [0.3, 0.4) is 0 Å². The summed E-state index contributed by atoms with van der Waals surface area (Å²) in [4.78, 5) is 14.3. The largest absolute Gasteiger partial charge is 0.384 e. The Kier molecular flexibility index (Phi) is 5.65. The molecule has 0 radical (unpaired) electrons. The minimum atomic E-state index is -0.697. The lowest BCUT2D eigenvalue weighted by Gasteiger charge is -2.38. The van der Waals surface area contributed by atoms with Gasteiger partial charge < -0.3 is 10.0 Å². The molecule has 1 N–H and O–H groups in total. The van der Waals surface area contributed by atoms with Gasteiger partial charge in [0.05, 0.1) is 0 Å². The van der Waals surface area contributed by atoms with Crippen LogP contribution >= 0.6 is 0 Å². The average molecular weight is 381 g/mol. The Morgan fingerprint density at radius 3 is 2.57 bits per heavy atom. The van der Waals surface area contributed by atoms with Gasteiger partial charge in [0.25, 0.3) is 0 Å². The van der Waals surface area contributed by atoms with Crippen LogP contribution in [0.15, 0.2) is 36.4 Å². The quantitative estimate of drug-likeness (QED) is 0.863. The molecule has 5 nitrogen and oxygen atoms in total. The van der Waals surface area contributed by atoms with Crippen molar-refractivity contribution in [3.63, 3.8) is 0 Å². The zero-order valence-electron chi connectivity index (χ0n) is 17.1. The first-order valence-corrected chi connectivity index (χ1v) is 10.7. The minimum Gasteiger partial charge on any atom is -0.384 e. The fourth-order valence-electron chi connectivity index (χ4n) is 4.69. The number of hydrogen-bond acceptors (Lipinski definition) is 5. The molecule has 2 aliphatic heterocycles. The molecule has 28 heavy (non-hydrogen) atoms. The van der Waals surface area contributed by atoms with Crippen LogP contribution in [0.4, 0.5) is 5.82 Å². The number of β-amino-alcohol motifs (C(OH)–C–C–N with tert-alkyl or cyclic N) is 1. The Morgan fingerprint density at radius 2 is 1.86 bits per heavy atom. The Morgan fingerprint density at radius 1 is 1.11 bits per heavy atom. The van der Waals surface area contributed by atoms with Crippen LogP contribution in [0.5, 0.6) is 0 Å². The summed E-state index contributed by atoms with van der Waals surface area (Å²) < 4.78 is 0. The van der Waals surface area contributed by atoms with Crippen LogP contribution in [-0.4, -0.2) is 52.2 Å². The van der Waals surface area contributed by atoms with E-state index in [2.05, 4.69) is 46.8 Å². The van der Waals surface area contributed by atoms with Gasteiger partial charge in [0, 0.05) is 50.4 Å². The zero-order valence-corrected chi connectivity index (χ0v) is 17.1. The van der Waals surface area contributed by atoms with E-state index in [1.807, 2.05) is 18.2 Å². The van der Waals surface area contributed by atoms with Crippen molar-refractivity contribution in [2.24, 2.45) is 0 Å². The first kappa shape index (κ1) is 19.3. The standard InChI is InChI=1S/C23H32N4O/c1-3-7-21-24-18(2)16-22(25-21)26-13-10-20(11-14-26)27-15-12-23(28,17-27)19-8-5-4-6-9-19/h4-6,8-9,16,20,28H,3,7,10-15,17H2,1-2H3/t23-/m0/s1. The molecule has 4 rings (SSSR count). The van der Waals surface area contributed by atoms with Crippen LogP contribution in [0, 0.1) is 6.92 Å². The third kappa shape index (κ3) is 4.06. The molecule has 0 amide bonds. The van der Waals surface area contributed by atoms with Crippen LogP contribution < -0.4 is 4.90 Å². The maximum Gasteiger partial charge on any atom is 0.132 e. The van der Waals surface area contributed by atoms with Crippen molar-refractivity contribution in [1.29, 1.82) is 0 Å². The molecule has 3 heterocycles. The second-order valence-corrected chi connectivity index (χ2v) is 8.37. The van der Waals surface area contributed by atoms with E-state index in [9.17, 15) is 5.11 Å². The highest BCUT2D eigenvalue weighted by molar-refractivity contribution is 5.40. The van der Waals surface area contributed by atoms with Gasteiger partial charge in [-0.25, -0.2) is 9.97 Å². The van der Waals surface area contributed by atoms with E-state index in [-0.39, 0.29) is 0 Å². The van der Waals surface area contributed by atoms with Crippen molar-refractivity contribution in [3.05, 3.63) is 53.5 Å². The number of piperidine rings is 1. The summed E-state index contributed by atoms with van der Waals surface area (Å²) in [7, 11) is 0. The number of hydrogen-bond donors (Lipinski definition) is 1. The molecule has 0 unspecified atom stereocenters. The first-order valence-electron chi connectivity index (χ1n) is 10.7. The molecule has 2 saturated heterocycles. The van der Waals surface area contributed by atoms with E-state index in [0.29, 0.717) is 6.04 Å². The molecule has 2 aromatic rings. The summed E-state index contributed by atoms with van der Waals surface area (Å²) in [5.74, 6) is 2.05. The molecular formula is C23H32N4O. The van der Waals surface area contributed by atoms with Gasteiger partial charge in [-0.3, -0.25) is 4.90 Å². The zero-order chi connectivity index (χ0) is 19.6. The summed E-state index contributed by atoms with van der Waals surface area (Å²) in [6.45, 7) is 7.99. The van der Waals surface area contributed by atoms with Crippen LogP contribution in [-0.2, 0) is 12.0 Å². The highest BCUT2D eigenvalue weighted by Gasteiger charge is 2.40. The molecule has 0 saturated carbocycles. The predicted octanol–water partition coefficient (Wildman–Crippen LogP) is 3.30. The number of anilines is 1. The maximum absolute atomic E-state index is 11.1. The molecule has 0 spiro atoms. The molecule has 1 aromatic heterocycles. The molecule has 1 atom stereocenters. The summed E-state index contributed by atoms with van der Waals surface area (Å²) in [6, 6.07) is 12.8. The lowest BCUT2D eigenvalue weighted by Crippen LogP contribution is -2.45. The SMILES string of the molecule is CCCc1nc(C)cc(N2CCC(N3CC[C@@](O)(c4ccccc4)C3)CC2)n1. The van der Waals surface area contributed by atoms with Crippen molar-refractivity contribution < 1.29 is 5.11 Å². The highest BCUT2D eigenvalue weighted by atomic mass is 16.3. The molecule has 150 valence electrons. The molecule has 5 heteroatoms. The van der Waals surface area contributed by atoms with Gasteiger partial charge in [-0.15, -0.1) is 0 Å². The number of aryl methyl sites for hydroxylation is 2. The minimum absolute atomic E-state index is 0.548. The number of rotatable bonds is 5. The molecule has 0 bridgehead atoms. The van der Waals surface area contributed by atoms with Gasteiger partial charge in [-0.2, -0.15) is 0 Å². The maximum atomic E-state index is 11.1. The number of aliphatic hydroxyl groups is 1. The Labute approximate surface area is 168 Å². The third-order valence-corrected chi connectivity index (χ3v) is 6.25. The van der Waals surface area contributed by atoms with Crippen molar-refractivity contribution in [1.82, 2.24) is 14.9 Å². The van der Waals surface area contributed by atoms with Gasteiger partial charge >= 0.3 is 0 Å². The number of nitrogens with zero attached hydrogens (tertiary/aromatic N) is 4. The number of likely N-dealkylation sites (tertiary alicyclic amines) is 1. The van der Waals surface area contributed by atoms with Crippen molar-refractivity contribution in [3.8, 4) is 0 Å². The molecule has 2 fully saturated rings. The van der Waals surface area contributed by atoms with Crippen LogP contribution in [0.1, 0.15) is 49.7 Å². The third-order valence-electron chi connectivity index (χ3n) is 6.25. The van der Waals surface area contributed by atoms with E-state index >= 15 is 0 Å². The fraction of sp³-hybridized carbons (Fsp3) is 0.565. The van der Waals surface area contributed by atoms with E-state index in [1.54, 1.807) is 0 Å². The summed E-state index contributed by atoms with van der Waals surface area (Å²) >= 11 is 0. The van der Waals surface area contributed by atoms with Crippen molar-refractivity contribution >= 4 is 5.82 Å². The monoisotopic (exact) mass is 380 g/mol. The fourth-order valence-corrected chi connectivity index (χ4v) is 4.69. The molecular weight excluding hydrogens is 348 g/mol. The number of benzene rings is 1. The Bertz CT molecular complexity index is 788. The van der Waals surface area contributed by atoms with Crippen LogP contribution in [0.2, 0.25) is 0 Å². The second-order valence-electron chi connectivity index (χ2n) is 8.37. The van der Waals surface area contributed by atoms with Gasteiger partial charge in [0.15, 0.2) is 0 Å². The highest BCUT2D eigenvalue weighted by Crippen LogP contribution is 2.35. The second kappa shape index (κ2) is 8.18. The van der Waals surface area contributed by atoms with Gasteiger partial charge in [0.2, 0.25) is 0 Å².